The summed E-state index contributed by atoms with van der Waals surface area (Å²) in [5, 5.41) is 8.95. The zero-order chi connectivity index (χ0) is 15.7. The molecular weight excluding hydrogens is 378 g/mol. The largest absolute Gasteiger partial charge is 0.492 e. The number of benzene rings is 2. The van der Waals surface area contributed by atoms with Crippen molar-refractivity contribution < 1.29 is 4.74 Å². The molecule has 0 fully saturated rings. The van der Waals surface area contributed by atoms with Gasteiger partial charge >= 0.3 is 0 Å². The number of hydrogen-bond acceptors (Lipinski definition) is 2. The second kappa shape index (κ2) is 7.23. The fraction of sp³-hybridized carbons (Fsp3) is 0.235. The zero-order valence-electron chi connectivity index (χ0n) is 13.0. The van der Waals surface area contributed by atoms with E-state index in [9.17, 15) is 0 Å². The molecule has 0 aliphatic carbocycles. The first-order chi connectivity index (χ1) is 10.6. The third-order valence-corrected chi connectivity index (χ3v) is 4.01. The second-order valence-electron chi connectivity index (χ2n) is 5.33. The van der Waals surface area contributed by atoms with Crippen molar-refractivity contribution in [1.29, 1.82) is 5.41 Å². The summed E-state index contributed by atoms with van der Waals surface area (Å²) in [6, 6.07) is 13.5. The van der Waals surface area contributed by atoms with Crippen LogP contribution in [0, 0.1) is 12.3 Å². The van der Waals surface area contributed by atoms with E-state index in [1.807, 2.05) is 28.3 Å². The maximum atomic E-state index is 8.26. The number of nitrogens with zero attached hydrogens (tertiary/aromatic N) is 2. The summed E-state index contributed by atoms with van der Waals surface area (Å²) in [5.41, 5.74) is 3.78. The Bertz CT molecular complexity index is 868. The number of imidazole rings is 1. The third-order valence-electron chi connectivity index (χ3n) is 3.75. The van der Waals surface area contributed by atoms with E-state index in [0.29, 0.717) is 23.8 Å². The van der Waals surface area contributed by atoms with Crippen molar-refractivity contribution in [2.24, 2.45) is 7.05 Å². The number of aryl methyl sites for hydroxylation is 2. The van der Waals surface area contributed by atoms with Gasteiger partial charge in [0.15, 0.2) is 0 Å². The first kappa shape index (κ1) is 17.6. The number of fused-ring (bicyclic) bond motifs is 1. The molecule has 0 bridgehead atoms. The molecule has 0 radical (unpaired) electrons. The molecule has 2 aromatic carbocycles. The highest BCUT2D eigenvalue weighted by Crippen LogP contribution is 2.17. The van der Waals surface area contributed by atoms with Gasteiger partial charge in [0.1, 0.15) is 12.4 Å². The Kier molecular flexibility index (Phi) is 5.55. The van der Waals surface area contributed by atoms with E-state index in [-0.39, 0.29) is 17.0 Å². The molecular formula is C17H19BrClN3O. The molecule has 1 N–H and O–H groups in total. The van der Waals surface area contributed by atoms with Crippen LogP contribution in [0.2, 0.25) is 5.02 Å². The van der Waals surface area contributed by atoms with Crippen LogP contribution in [0.4, 0.5) is 0 Å². The number of aromatic nitrogens is 2. The average Bonchev–Trinajstić information content (AvgIpc) is 2.73. The highest BCUT2D eigenvalue weighted by Gasteiger charge is 2.08. The predicted molar refractivity (Wildman–Crippen MR) is 98.8 cm³/mol. The molecule has 0 spiro atoms. The predicted octanol–water partition coefficient (Wildman–Crippen LogP) is 4.08. The van der Waals surface area contributed by atoms with Crippen LogP contribution in [-0.2, 0) is 13.6 Å². The minimum Gasteiger partial charge on any atom is -0.492 e. The normalized spacial score (nSPS) is 10.6. The molecule has 4 nitrogen and oxygen atoms in total. The van der Waals surface area contributed by atoms with Gasteiger partial charge in [-0.2, -0.15) is 0 Å². The molecule has 0 unspecified atom stereocenters. The van der Waals surface area contributed by atoms with Crippen LogP contribution in [0.3, 0.4) is 0 Å². The quantitative estimate of drug-likeness (QED) is 0.709. The summed E-state index contributed by atoms with van der Waals surface area (Å²) in [7, 11) is 1.91. The standard InChI is InChI=1S/C17H18ClN3O.BrH/c1-12-3-8-15-16(11-12)21(17(19)20(15)2)9-10-22-14-6-4-13(18)5-7-14;/h3-8,11,19H,9-10H2,1-2H3;1H. The first-order valence-corrected chi connectivity index (χ1v) is 7.53. The fourth-order valence-corrected chi connectivity index (χ4v) is 2.68. The molecule has 0 aliphatic rings. The summed E-state index contributed by atoms with van der Waals surface area (Å²) >= 11 is 5.86. The Morgan fingerprint density at radius 1 is 1.09 bits per heavy atom. The Morgan fingerprint density at radius 2 is 1.78 bits per heavy atom. The molecule has 1 heterocycles. The van der Waals surface area contributed by atoms with E-state index >= 15 is 0 Å². The highest BCUT2D eigenvalue weighted by atomic mass is 79.9. The minimum atomic E-state index is 0. The second-order valence-corrected chi connectivity index (χ2v) is 5.77. The lowest BCUT2D eigenvalue weighted by molar-refractivity contribution is 0.297. The summed E-state index contributed by atoms with van der Waals surface area (Å²) in [4.78, 5) is 0. The van der Waals surface area contributed by atoms with E-state index < -0.39 is 0 Å². The van der Waals surface area contributed by atoms with Crippen LogP contribution in [-0.4, -0.2) is 15.7 Å². The van der Waals surface area contributed by atoms with Gasteiger partial charge in [-0.15, -0.1) is 17.0 Å². The van der Waals surface area contributed by atoms with Gasteiger partial charge in [-0.25, -0.2) is 0 Å². The maximum Gasteiger partial charge on any atom is 0.202 e. The molecule has 0 saturated carbocycles. The monoisotopic (exact) mass is 395 g/mol. The van der Waals surface area contributed by atoms with E-state index in [4.69, 9.17) is 21.7 Å². The lowest BCUT2D eigenvalue weighted by Crippen LogP contribution is -2.24. The summed E-state index contributed by atoms with van der Waals surface area (Å²) in [5.74, 6) is 0.785. The van der Waals surface area contributed by atoms with Gasteiger partial charge in [0.05, 0.1) is 17.6 Å². The van der Waals surface area contributed by atoms with Crippen molar-refractivity contribution in [2.45, 2.75) is 13.5 Å². The summed E-state index contributed by atoms with van der Waals surface area (Å²) in [6.07, 6.45) is 0. The van der Waals surface area contributed by atoms with Crippen LogP contribution < -0.4 is 10.4 Å². The van der Waals surface area contributed by atoms with E-state index in [1.54, 1.807) is 12.1 Å². The van der Waals surface area contributed by atoms with Crippen molar-refractivity contribution in [3.05, 3.63) is 58.7 Å². The van der Waals surface area contributed by atoms with Crippen molar-refractivity contribution in [2.75, 3.05) is 6.61 Å². The molecule has 1 aromatic heterocycles. The van der Waals surface area contributed by atoms with Gasteiger partial charge in [0.25, 0.3) is 0 Å². The lowest BCUT2D eigenvalue weighted by atomic mass is 10.2. The van der Waals surface area contributed by atoms with E-state index in [0.717, 1.165) is 16.8 Å². The third kappa shape index (κ3) is 3.62. The van der Waals surface area contributed by atoms with Crippen LogP contribution >= 0.6 is 28.6 Å². The molecule has 0 aliphatic heterocycles. The molecule has 122 valence electrons. The molecule has 3 rings (SSSR count). The molecule has 3 aromatic rings. The van der Waals surface area contributed by atoms with Gasteiger partial charge in [0.2, 0.25) is 5.62 Å². The van der Waals surface area contributed by atoms with Crippen molar-refractivity contribution in [1.82, 2.24) is 9.13 Å². The number of halogens is 2. The molecule has 0 atom stereocenters. The maximum absolute atomic E-state index is 8.26. The molecule has 6 heteroatoms. The Labute approximate surface area is 150 Å². The van der Waals surface area contributed by atoms with Crippen LogP contribution in [0.1, 0.15) is 5.56 Å². The number of rotatable bonds is 4. The molecule has 23 heavy (non-hydrogen) atoms. The van der Waals surface area contributed by atoms with Gasteiger partial charge in [-0.3, -0.25) is 5.41 Å². The number of hydrogen-bond donors (Lipinski definition) is 1. The lowest BCUT2D eigenvalue weighted by Gasteiger charge is -2.08. The van der Waals surface area contributed by atoms with Crippen LogP contribution in [0.15, 0.2) is 42.5 Å². The Morgan fingerprint density at radius 3 is 2.48 bits per heavy atom. The minimum absolute atomic E-state index is 0. The Hall–Kier alpha value is -1.72. The number of nitrogens with one attached hydrogen (secondary N) is 1. The van der Waals surface area contributed by atoms with Gasteiger partial charge in [0, 0.05) is 12.1 Å². The average molecular weight is 397 g/mol. The zero-order valence-corrected chi connectivity index (χ0v) is 15.5. The topological polar surface area (TPSA) is 42.9 Å². The van der Waals surface area contributed by atoms with E-state index in [1.165, 1.54) is 5.56 Å². The Balaban J connectivity index is 0.00000192. The van der Waals surface area contributed by atoms with Crippen molar-refractivity contribution in [3.63, 3.8) is 0 Å². The molecule has 0 saturated heterocycles. The van der Waals surface area contributed by atoms with E-state index in [2.05, 4.69) is 25.1 Å². The first-order valence-electron chi connectivity index (χ1n) is 7.15. The smallest absolute Gasteiger partial charge is 0.202 e. The van der Waals surface area contributed by atoms with Gasteiger partial charge in [-0.1, -0.05) is 17.7 Å². The SMILES string of the molecule is Br.Cc1ccc2c(c1)n(CCOc1ccc(Cl)cc1)c(=N)n2C. The van der Waals surface area contributed by atoms with Gasteiger partial charge in [-0.05, 0) is 48.9 Å². The van der Waals surface area contributed by atoms with Crippen molar-refractivity contribution >= 4 is 39.6 Å². The fourth-order valence-electron chi connectivity index (χ4n) is 2.55. The highest BCUT2D eigenvalue weighted by molar-refractivity contribution is 8.93. The van der Waals surface area contributed by atoms with Crippen molar-refractivity contribution in [3.8, 4) is 5.75 Å². The van der Waals surface area contributed by atoms with Crippen LogP contribution in [0.5, 0.6) is 5.75 Å². The molecule has 0 amide bonds. The summed E-state index contributed by atoms with van der Waals surface area (Å²) < 4.78 is 9.59. The summed E-state index contributed by atoms with van der Waals surface area (Å²) in [6.45, 7) is 3.19. The van der Waals surface area contributed by atoms with Crippen LogP contribution in [0.25, 0.3) is 11.0 Å². The number of ether oxygens (including phenoxy) is 1. The van der Waals surface area contributed by atoms with Gasteiger partial charge < -0.3 is 13.9 Å².